The second-order valence-electron chi connectivity index (χ2n) is 16.9. The van der Waals surface area contributed by atoms with Crippen LogP contribution in [0.4, 0.5) is 34.1 Å². The van der Waals surface area contributed by atoms with Crippen LogP contribution in [-0.2, 0) is 0 Å². The number of hydrogen-bond donors (Lipinski definition) is 0. The fraction of sp³-hybridized carbons (Fsp3) is 0. The predicted octanol–water partition coefficient (Wildman–Crippen LogP) is 18.2. The first-order valence-corrected chi connectivity index (χ1v) is 22.8. The van der Waals surface area contributed by atoms with Gasteiger partial charge in [-0.1, -0.05) is 188 Å². The Bertz CT molecular complexity index is 3400. The molecule has 0 atom stereocenters. The number of hydrogen-bond acceptors (Lipinski definition) is 3. The molecule has 3 heteroatoms. The van der Waals surface area contributed by atoms with E-state index in [9.17, 15) is 0 Å². The lowest BCUT2D eigenvalue weighted by molar-refractivity contribution is 0.489. The second-order valence-corrected chi connectivity index (χ2v) is 16.9. The number of ether oxygens (including phenoxy) is 1. The van der Waals surface area contributed by atoms with Gasteiger partial charge in [0.15, 0.2) is 0 Å². The summed E-state index contributed by atoms with van der Waals surface area (Å²) in [6, 6.07) is 95.0. The van der Waals surface area contributed by atoms with Gasteiger partial charge in [0, 0.05) is 50.6 Å². The van der Waals surface area contributed by atoms with Gasteiger partial charge in [0.25, 0.3) is 0 Å². The zero-order valence-electron chi connectivity index (χ0n) is 36.7. The standard InChI is InChI=1S/C64H44N2O/c1-5-15-51(16-6-1)65(52-17-7-2-8-18-52)55-39-35-47(36-40-55)45-27-31-49(32-28-45)57-43-44-62-63-59(57)24-14-25-60(63)61-26-13-23-58(64(61)67-62)50-33-29-46(30-34-50)48-37-41-56(42-38-48)66(53-19-9-3-10-20-53)54-21-11-4-12-22-54/h1-44H. The Morgan fingerprint density at radius 3 is 1.01 bits per heavy atom. The predicted molar refractivity (Wildman–Crippen MR) is 281 cm³/mol. The Kier molecular flexibility index (Phi) is 10.2. The second kappa shape index (κ2) is 17.2. The minimum Gasteiger partial charge on any atom is -0.455 e. The monoisotopic (exact) mass is 856 g/mol. The lowest BCUT2D eigenvalue weighted by Gasteiger charge is -2.25. The number of fused-ring (bicyclic) bond motifs is 2. The Morgan fingerprint density at radius 1 is 0.224 bits per heavy atom. The van der Waals surface area contributed by atoms with Crippen molar-refractivity contribution in [2.75, 3.05) is 9.80 Å². The van der Waals surface area contributed by atoms with Crippen LogP contribution < -0.4 is 14.5 Å². The van der Waals surface area contributed by atoms with Crippen molar-refractivity contribution in [3.05, 3.63) is 267 Å². The minimum absolute atomic E-state index is 0.878. The summed E-state index contributed by atoms with van der Waals surface area (Å²) in [6.07, 6.45) is 0. The molecule has 1 aliphatic rings. The average molecular weight is 857 g/mol. The maximum Gasteiger partial charge on any atom is 0.143 e. The number of nitrogens with zero attached hydrogens (tertiary/aromatic N) is 2. The number of anilines is 6. The molecule has 0 saturated carbocycles. The van der Waals surface area contributed by atoms with Gasteiger partial charge in [-0.25, -0.2) is 0 Å². The van der Waals surface area contributed by atoms with E-state index in [4.69, 9.17) is 4.74 Å². The summed E-state index contributed by atoms with van der Waals surface area (Å²) in [4.78, 5) is 4.58. The van der Waals surface area contributed by atoms with Crippen molar-refractivity contribution in [1.29, 1.82) is 0 Å². The van der Waals surface area contributed by atoms with Crippen molar-refractivity contribution in [1.82, 2.24) is 0 Å². The first-order valence-electron chi connectivity index (χ1n) is 22.8. The summed E-state index contributed by atoms with van der Waals surface area (Å²) in [5, 5.41) is 2.32. The Balaban J connectivity index is 0.805. The third kappa shape index (κ3) is 7.49. The molecule has 11 aromatic carbocycles. The molecule has 0 aliphatic carbocycles. The number of rotatable bonds is 10. The first kappa shape index (κ1) is 39.7. The Morgan fingerprint density at radius 2 is 0.567 bits per heavy atom. The van der Waals surface area contributed by atoms with E-state index in [2.05, 4.69) is 277 Å². The summed E-state index contributed by atoms with van der Waals surface area (Å²) in [5.41, 5.74) is 18.2. The zero-order valence-corrected chi connectivity index (χ0v) is 36.7. The molecule has 0 aromatic heterocycles. The van der Waals surface area contributed by atoms with E-state index in [0.717, 1.165) is 78.8 Å². The molecule has 0 amide bonds. The van der Waals surface area contributed by atoms with E-state index in [1.807, 2.05) is 0 Å². The van der Waals surface area contributed by atoms with Crippen molar-refractivity contribution in [3.8, 4) is 67.1 Å². The molecule has 67 heavy (non-hydrogen) atoms. The van der Waals surface area contributed by atoms with E-state index in [0.29, 0.717) is 0 Å². The van der Waals surface area contributed by atoms with Gasteiger partial charge in [-0.15, -0.1) is 0 Å². The smallest absolute Gasteiger partial charge is 0.143 e. The van der Waals surface area contributed by atoms with Crippen molar-refractivity contribution in [2.45, 2.75) is 0 Å². The fourth-order valence-corrected chi connectivity index (χ4v) is 9.62. The average Bonchev–Trinajstić information content (AvgIpc) is 3.41. The molecule has 0 N–H and O–H groups in total. The maximum atomic E-state index is 6.90. The topological polar surface area (TPSA) is 15.7 Å². The van der Waals surface area contributed by atoms with Gasteiger partial charge in [-0.2, -0.15) is 0 Å². The van der Waals surface area contributed by atoms with Gasteiger partial charge < -0.3 is 14.5 Å². The SMILES string of the molecule is c1ccc(N(c2ccccc2)c2ccc(-c3ccc(-c4cccc5c4Oc4ccc(-c6ccc(-c7ccc(N(c8ccccc8)c8ccccc8)cc7)cc6)c6cccc-5c46)cc3)cc2)cc1. The van der Waals surface area contributed by atoms with Crippen molar-refractivity contribution < 1.29 is 4.74 Å². The summed E-state index contributed by atoms with van der Waals surface area (Å²) >= 11 is 0. The highest BCUT2D eigenvalue weighted by molar-refractivity contribution is 6.10. The molecule has 1 heterocycles. The molecular weight excluding hydrogens is 813 g/mol. The molecule has 0 saturated heterocycles. The van der Waals surface area contributed by atoms with Crippen LogP contribution in [0.5, 0.6) is 11.5 Å². The third-order valence-electron chi connectivity index (χ3n) is 12.9. The van der Waals surface area contributed by atoms with E-state index < -0.39 is 0 Å². The van der Waals surface area contributed by atoms with Crippen LogP contribution in [0.1, 0.15) is 0 Å². The molecule has 1 aliphatic heterocycles. The third-order valence-corrected chi connectivity index (χ3v) is 12.9. The Labute approximate surface area is 391 Å². The highest BCUT2D eigenvalue weighted by atomic mass is 16.5. The quantitative estimate of drug-likeness (QED) is 0.136. The molecule has 0 unspecified atom stereocenters. The van der Waals surface area contributed by atoms with E-state index in [1.54, 1.807) is 0 Å². The first-order chi connectivity index (χ1) is 33.2. The largest absolute Gasteiger partial charge is 0.455 e. The summed E-state index contributed by atoms with van der Waals surface area (Å²) < 4.78 is 6.90. The molecule has 316 valence electrons. The van der Waals surface area contributed by atoms with Crippen molar-refractivity contribution in [2.24, 2.45) is 0 Å². The zero-order chi connectivity index (χ0) is 44.5. The molecule has 11 aromatic rings. The van der Waals surface area contributed by atoms with Gasteiger partial charge in [0.1, 0.15) is 11.5 Å². The summed E-state index contributed by atoms with van der Waals surface area (Å²) in [5.74, 6) is 1.77. The summed E-state index contributed by atoms with van der Waals surface area (Å²) in [7, 11) is 0. The van der Waals surface area contributed by atoms with Crippen molar-refractivity contribution in [3.63, 3.8) is 0 Å². The van der Waals surface area contributed by atoms with E-state index >= 15 is 0 Å². The van der Waals surface area contributed by atoms with Crippen LogP contribution in [0.2, 0.25) is 0 Å². The molecule has 0 bridgehead atoms. The highest BCUT2D eigenvalue weighted by Gasteiger charge is 2.24. The molecular formula is C64H44N2O. The molecule has 0 radical (unpaired) electrons. The van der Waals surface area contributed by atoms with Crippen LogP contribution >= 0.6 is 0 Å². The highest BCUT2D eigenvalue weighted by Crippen LogP contribution is 2.52. The number of para-hydroxylation sites is 5. The normalized spacial score (nSPS) is 11.4. The summed E-state index contributed by atoms with van der Waals surface area (Å²) in [6.45, 7) is 0. The van der Waals surface area contributed by atoms with Crippen LogP contribution in [0.25, 0.3) is 66.4 Å². The van der Waals surface area contributed by atoms with Crippen LogP contribution in [0.3, 0.4) is 0 Å². The lowest BCUT2D eigenvalue weighted by Crippen LogP contribution is -2.09. The number of benzene rings is 11. The fourth-order valence-electron chi connectivity index (χ4n) is 9.62. The van der Waals surface area contributed by atoms with E-state index in [1.165, 1.54) is 33.2 Å². The van der Waals surface area contributed by atoms with Gasteiger partial charge in [0.05, 0.1) is 0 Å². The molecule has 0 spiro atoms. The van der Waals surface area contributed by atoms with E-state index in [-0.39, 0.29) is 0 Å². The van der Waals surface area contributed by atoms with Gasteiger partial charge >= 0.3 is 0 Å². The molecule has 0 fully saturated rings. The maximum absolute atomic E-state index is 6.90. The van der Waals surface area contributed by atoms with Crippen LogP contribution in [0.15, 0.2) is 267 Å². The molecule has 3 nitrogen and oxygen atoms in total. The van der Waals surface area contributed by atoms with Crippen molar-refractivity contribution >= 4 is 44.9 Å². The van der Waals surface area contributed by atoms with Gasteiger partial charge in [-0.05, 0) is 129 Å². The van der Waals surface area contributed by atoms with Gasteiger partial charge in [0.2, 0.25) is 0 Å². The minimum atomic E-state index is 0.878. The van der Waals surface area contributed by atoms with Crippen LogP contribution in [0, 0.1) is 0 Å². The Hall–Kier alpha value is -8.92. The van der Waals surface area contributed by atoms with Crippen LogP contribution in [-0.4, -0.2) is 0 Å². The lowest BCUT2D eigenvalue weighted by atomic mass is 9.88. The molecule has 12 rings (SSSR count). The van der Waals surface area contributed by atoms with Gasteiger partial charge in [-0.3, -0.25) is 0 Å².